The van der Waals surface area contributed by atoms with Gasteiger partial charge in [-0.25, -0.2) is 5.43 Å². The highest BCUT2D eigenvalue weighted by atomic mass is 35.5. The van der Waals surface area contributed by atoms with Gasteiger partial charge >= 0.3 is 0 Å². The van der Waals surface area contributed by atoms with Crippen LogP contribution in [0.4, 0.5) is 5.69 Å². The molecule has 0 aliphatic rings. The maximum Gasteiger partial charge on any atom is 0.250 e. The molecule has 0 saturated heterocycles. The number of nitrogens with one attached hydrogen (secondary N) is 1. The fourth-order valence-electron chi connectivity index (χ4n) is 3.19. The molecule has 168 valence electrons. The summed E-state index contributed by atoms with van der Waals surface area (Å²) in [5.41, 5.74) is 5.59. The van der Waals surface area contributed by atoms with Crippen LogP contribution < -0.4 is 10.3 Å². The van der Waals surface area contributed by atoms with Crippen LogP contribution in [-0.4, -0.2) is 45.7 Å². The first kappa shape index (κ1) is 23.8. The number of nitrogens with zero attached hydrogens (tertiary/aromatic N) is 5. The maximum atomic E-state index is 12.2. The number of carbonyl (C=O) groups is 1. The lowest BCUT2D eigenvalue weighted by Gasteiger charge is -2.20. The molecule has 0 bridgehead atoms. The first-order valence-corrected chi connectivity index (χ1v) is 11.9. The minimum atomic E-state index is -0.204. The number of hydrazone groups is 1. The van der Waals surface area contributed by atoms with E-state index in [1.807, 2.05) is 47.9 Å². The van der Waals surface area contributed by atoms with Gasteiger partial charge in [0, 0.05) is 35.9 Å². The molecule has 1 amide bonds. The predicted octanol–water partition coefficient (Wildman–Crippen LogP) is 4.71. The summed E-state index contributed by atoms with van der Waals surface area (Å²) in [5, 5.41) is 13.9. The second-order valence-electron chi connectivity index (χ2n) is 6.90. The van der Waals surface area contributed by atoms with Crippen molar-refractivity contribution >= 4 is 41.2 Å². The van der Waals surface area contributed by atoms with Crippen molar-refractivity contribution in [3.63, 3.8) is 0 Å². The van der Waals surface area contributed by atoms with Gasteiger partial charge in [-0.3, -0.25) is 4.79 Å². The van der Waals surface area contributed by atoms with Gasteiger partial charge in [0.15, 0.2) is 11.0 Å². The lowest BCUT2D eigenvalue weighted by atomic mass is 10.2. The van der Waals surface area contributed by atoms with Crippen molar-refractivity contribution in [2.45, 2.75) is 32.5 Å². The molecule has 1 heterocycles. The molecule has 0 atom stereocenters. The van der Waals surface area contributed by atoms with E-state index in [0.717, 1.165) is 30.0 Å². The Hall–Kier alpha value is -2.84. The van der Waals surface area contributed by atoms with Crippen LogP contribution in [0.15, 0.2) is 58.8 Å². The normalized spacial score (nSPS) is 11.1. The van der Waals surface area contributed by atoms with E-state index in [-0.39, 0.29) is 11.7 Å². The van der Waals surface area contributed by atoms with Gasteiger partial charge in [-0.05, 0) is 62.7 Å². The SMILES string of the molecule is CCN(CC)c1ccc(C=NNC(=O)CSc2nnc(-c3ccc(Cl)cc3)n2CC)cc1. The van der Waals surface area contributed by atoms with Crippen LogP contribution in [0.25, 0.3) is 11.4 Å². The standard InChI is InChI=1S/C23H27ClN6OS/c1-4-29(5-2)20-13-7-17(8-14-20)15-25-26-21(31)16-32-23-28-27-22(30(23)6-3)18-9-11-19(24)12-10-18/h7-15H,4-6,16H2,1-3H3,(H,26,31). The highest BCUT2D eigenvalue weighted by Gasteiger charge is 2.14. The number of thioether (sulfide) groups is 1. The average Bonchev–Trinajstić information content (AvgIpc) is 3.23. The van der Waals surface area contributed by atoms with Crippen LogP contribution in [0.2, 0.25) is 5.02 Å². The van der Waals surface area contributed by atoms with Crippen molar-refractivity contribution in [1.82, 2.24) is 20.2 Å². The number of amides is 1. The fourth-order valence-corrected chi connectivity index (χ4v) is 4.11. The zero-order valence-electron chi connectivity index (χ0n) is 18.5. The largest absolute Gasteiger partial charge is 0.372 e. The summed E-state index contributed by atoms with van der Waals surface area (Å²) in [6.45, 7) is 8.90. The van der Waals surface area contributed by atoms with Gasteiger partial charge in [-0.1, -0.05) is 35.5 Å². The van der Waals surface area contributed by atoms with Crippen molar-refractivity contribution in [2.24, 2.45) is 5.10 Å². The van der Waals surface area contributed by atoms with Gasteiger partial charge in [0.1, 0.15) is 0 Å². The molecule has 32 heavy (non-hydrogen) atoms. The minimum absolute atomic E-state index is 0.191. The summed E-state index contributed by atoms with van der Waals surface area (Å²) in [5.74, 6) is 0.736. The smallest absolute Gasteiger partial charge is 0.250 e. The Labute approximate surface area is 197 Å². The van der Waals surface area contributed by atoms with E-state index in [0.29, 0.717) is 16.7 Å². The van der Waals surface area contributed by atoms with Crippen LogP contribution in [0.5, 0.6) is 0 Å². The monoisotopic (exact) mass is 470 g/mol. The van der Waals surface area contributed by atoms with Crippen LogP contribution >= 0.6 is 23.4 Å². The quantitative estimate of drug-likeness (QED) is 0.264. The lowest BCUT2D eigenvalue weighted by Crippen LogP contribution is -2.21. The van der Waals surface area contributed by atoms with Gasteiger partial charge in [0.2, 0.25) is 0 Å². The number of carbonyl (C=O) groups excluding carboxylic acids is 1. The van der Waals surface area contributed by atoms with Crippen molar-refractivity contribution in [3.8, 4) is 11.4 Å². The summed E-state index contributed by atoms with van der Waals surface area (Å²) >= 11 is 7.30. The number of hydrogen-bond acceptors (Lipinski definition) is 6. The third-order valence-corrected chi connectivity index (χ3v) is 6.11. The van der Waals surface area contributed by atoms with E-state index >= 15 is 0 Å². The number of rotatable bonds is 10. The number of benzene rings is 2. The Balaban J connectivity index is 1.54. The molecule has 0 unspecified atom stereocenters. The van der Waals surface area contributed by atoms with Gasteiger partial charge < -0.3 is 9.47 Å². The Bertz CT molecular complexity index is 1050. The van der Waals surface area contributed by atoms with E-state index in [9.17, 15) is 4.79 Å². The summed E-state index contributed by atoms with van der Waals surface area (Å²) in [4.78, 5) is 14.5. The molecule has 3 rings (SSSR count). The molecule has 9 heteroatoms. The molecule has 0 fully saturated rings. The van der Waals surface area contributed by atoms with Crippen LogP contribution in [0.1, 0.15) is 26.3 Å². The Morgan fingerprint density at radius 3 is 2.41 bits per heavy atom. The molecular formula is C23H27ClN6OS. The highest BCUT2D eigenvalue weighted by molar-refractivity contribution is 7.99. The van der Waals surface area contributed by atoms with E-state index < -0.39 is 0 Å². The van der Waals surface area contributed by atoms with Gasteiger partial charge in [-0.15, -0.1) is 10.2 Å². The molecule has 0 saturated carbocycles. The second kappa shape index (κ2) is 11.7. The van der Waals surface area contributed by atoms with E-state index in [2.05, 4.69) is 51.6 Å². The third-order valence-electron chi connectivity index (χ3n) is 4.89. The van der Waals surface area contributed by atoms with Crippen LogP contribution in [-0.2, 0) is 11.3 Å². The zero-order chi connectivity index (χ0) is 22.9. The summed E-state index contributed by atoms with van der Waals surface area (Å²) < 4.78 is 1.97. The number of halogens is 1. The first-order valence-electron chi connectivity index (χ1n) is 10.5. The van der Waals surface area contributed by atoms with Crippen LogP contribution in [0.3, 0.4) is 0 Å². The Morgan fingerprint density at radius 2 is 1.78 bits per heavy atom. The average molecular weight is 471 g/mol. The van der Waals surface area contributed by atoms with Crippen LogP contribution in [0, 0.1) is 0 Å². The molecule has 1 aromatic heterocycles. The third kappa shape index (κ3) is 6.11. The molecule has 1 N–H and O–H groups in total. The molecule has 0 radical (unpaired) electrons. The van der Waals surface area contributed by atoms with Gasteiger partial charge in [0.25, 0.3) is 5.91 Å². The Morgan fingerprint density at radius 1 is 1.09 bits per heavy atom. The maximum absolute atomic E-state index is 12.2. The summed E-state index contributed by atoms with van der Waals surface area (Å²) in [6.07, 6.45) is 1.64. The summed E-state index contributed by atoms with van der Waals surface area (Å²) in [7, 11) is 0. The highest BCUT2D eigenvalue weighted by Crippen LogP contribution is 2.25. The molecule has 0 spiro atoms. The number of hydrogen-bond donors (Lipinski definition) is 1. The molecule has 2 aromatic carbocycles. The number of aromatic nitrogens is 3. The van der Waals surface area contributed by atoms with E-state index in [1.165, 1.54) is 17.4 Å². The van der Waals surface area contributed by atoms with Gasteiger partial charge in [0.05, 0.1) is 12.0 Å². The molecule has 0 aliphatic carbocycles. The van der Waals surface area contributed by atoms with Crippen molar-refractivity contribution in [1.29, 1.82) is 0 Å². The summed E-state index contributed by atoms with van der Waals surface area (Å²) in [6, 6.07) is 15.5. The molecule has 0 aliphatic heterocycles. The zero-order valence-corrected chi connectivity index (χ0v) is 20.0. The van der Waals surface area contributed by atoms with Crippen molar-refractivity contribution in [3.05, 3.63) is 59.1 Å². The number of anilines is 1. The Kier molecular flexibility index (Phi) is 8.70. The predicted molar refractivity (Wildman–Crippen MR) is 133 cm³/mol. The van der Waals surface area contributed by atoms with Crippen molar-refractivity contribution in [2.75, 3.05) is 23.7 Å². The minimum Gasteiger partial charge on any atom is -0.372 e. The molecule has 7 nitrogen and oxygen atoms in total. The lowest BCUT2D eigenvalue weighted by molar-refractivity contribution is -0.118. The van der Waals surface area contributed by atoms with E-state index in [1.54, 1.807) is 6.21 Å². The topological polar surface area (TPSA) is 75.4 Å². The first-order chi connectivity index (χ1) is 15.5. The fraction of sp³-hybridized carbons (Fsp3) is 0.304. The second-order valence-corrected chi connectivity index (χ2v) is 8.28. The molecular weight excluding hydrogens is 444 g/mol. The van der Waals surface area contributed by atoms with E-state index in [4.69, 9.17) is 11.6 Å². The van der Waals surface area contributed by atoms with Crippen molar-refractivity contribution < 1.29 is 4.79 Å². The van der Waals surface area contributed by atoms with Gasteiger partial charge in [-0.2, -0.15) is 5.10 Å². The molecule has 3 aromatic rings.